The van der Waals surface area contributed by atoms with Gasteiger partial charge in [0.25, 0.3) is 0 Å². The highest BCUT2D eigenvalue weighted by Gasteiger charge is 2.56. The fourth-order valence-electron chi connectivity index (χ4n) is 26.6. The second-order valence-corrected chi connectivity index (χ2v) is 51.1. The minimum Gasteiger partial charge on any atom is -0.338 e. The number of nitrogens with one attached hydrogen (secondary N) is 1. The summed E-state index contributed by atoms with van der Waals surface area (Å²) in [6, 6.07) is 1.74. The van der Waals surface area contributed by atoms with E-state index in [2.05, 4.69) is 244 Å². The Morgan fingerprint density at radius 2 is 0.449 bits per heavy atom. The van der Waals surface area contributed by atoms with Crippen molar-refractivity contribution in [3.63, 3.8) is 0 Å². The lowest BCUT2D eigenvalue weighted by molar-refractivity contribution is -0.310. The number of unbranched alkanes of at least 4 members (excludes halogenated alkanes) is 14. The molecule has 10 aliphatic rings. The van der Waals surface area contributed by atoms with E-state index in [9.17, 15) is 0 Å². The van der Waals surface area contributed by atoms with E-state index in [1.807, 2.05) is 0 Å². The maximum Gasteiger partial charge on any atom is 0.231 e. The smallest absolute Gasteiger partial charge is 0.231 e. The molecule has 0 unspecified atom stereocenters. The summed E-state index contributed by atoms with van der Waals surface area (Å²) in [5, 5.41) is 15.9. The first kappa shape index (κ1) is 117. The minimum atomic E-state index is -0.147. The summed E-state index contributed by atoms with van der Waals surface area (Å²) in [6.07, 6.45) is 69.3. The average molecular weight is 1930 g/mol. The van der Waals surface area contributed by atoms with Crippen LogP contribution in [0.25, 0.3) is 0 Å². The van der Waals surface area contributed by atoms with E-state index in [0.29, 0.717) is 48.6 Å². The number of halogens is 1. The van der Waals surface area contributed by atoms with Crippen LogP contribution < -0.4 is 24.9 Å². The molecule has 2 aromatic heterocycles. The number of aromatic nitrogens is 6. The van der Waals surface area contributed by atoms with Crippen LogP contribution in [0.2, 0.25) is 5.28 Å². The highest BCUT2D eigenvalue weighted by Crippen LogP contribution is 2.50. The first-order valence-corrected chi connectivity index (χ1v) is 58.1. The largest absolute Gasteiger partial charge is 0.338 e. The fourth-order valence-corrected chi connectivity index (χ4v) is 26.7. The van der Waals surface area contributed by atoms with Crippen LogP contribution in [-0.4, -0.2) is 204 Å². The predicted molar refractivity (Wildman–Crippen MR) is 574 cm³/mol. The standard InChI is InChI=1S/C42H77N7O2.C41H74ClN7O2.C19H38N2O.C12H26/c1-12-14-26-46(33-28-39(4,5)48(40(6,7)29-33)50-35-22-18-16-19-23-35)37-43-32(3)44-38(45-37)47(27-15-13-2)34-30-41(8,9)49(42(10,11)31-34)51-36-24-20-17-21-25-36;1-11-13-25-46(31-27-38(3,4)48(39(5,6)28-31)50-33-21-17-15-18-22-33)36-43-35(42)44-37(45-36)47(26-14-12-2)32-29-40(7,8)49(41(9,10)30-32)51-34-23-19-16-20-24-34;1-6-7-13-20-16-14-18(2,3)21(19(4,5)15-16)22-17-11-9-8-10-12-17;1-3-5-7-9-11-12-10-8-6-4-2/h33-36H,12-31H2,1-11H3;31-34H,11-30H2,1-10H3;16-17,20H,6-15H2,1-5H3;3-12H2,1-2H3. The zero-order valence-electron chi connectivity index (χ0n) is 93.8. The Balaban J connectivity index is 0.000000228. The van der Waals surface area contributed by atoms with E-state index >= 15 is 0 Å². The molecule has 0 bridgehead atoms. The van der Waals surface area contributed by atoms with Gasteiger partial charge in [-0.3, -0.25) is 24.2 Å². The molecule has 2 aromatic rings. The van der Waals surface area contributed by atoms with Crippen LogP contribution in [0.4, 0.5) is 23.8 Å². The van der Waals surface area contributed by atoms with Crippen molar-refractivity contribution >= 4 is 35.4 Å². The third kappa shape index (κ3) is 34.6. The molecule has 136 heavy (non-hydrogen) atoms. The number of aryl methyl sites for hydroxylation is 1. The summed E-state index contributed by atoms with van der Waals surface area (Å²) < 4.78 is 0. The van der Waals surface area contributed by atoms with Crippen LogP contribution in [-0.2, 0) is 24.2 Å². The van der Waals surface area contributed by atoms with E-state index in [-0.39, 0.29) is 72.8 Å². The molecule has 5 aliphatic carbocycles. The maximum atomic E-state index is 6.90. The average Bonchev–Trinajstić information content (AvgIpc) is 0.760. The Morgan fingerprint density at radius 3 is 0.654 bits per heavy atom. The Kier molecular flexibility index (Phi) is 46.7. The number of nitrogens with zero attached hydrogens (tertiary/aromatic N) is 15. The van der Waals surface area contributed by atoms with E-state index < -0.39 is 0 Å². The van der Waals surface area contributed by atoms with Crippen molar-refractivity contribution in [1.82, 2.24) is 60.5 Å². The van der Waals surface area contributed by atoms with Gasteiger partial charge < -0.3 is 24.9 Å². The van der Waals surface area contributed by atoms with Crippen molar-refractivity contribution < 1.29 is 24.2 Å². The zero-order chi connectivity index (χ0) is 99.3. The molecular formula is C114H215ClN16O5. The molecule has 5 aliphatic heterocycles. The number of piperidine rings is 5. The van der Waals surface area contributed by atoms with Crippen molar-refractivity contribution in [2.75, 3.05) is 52.3 Å². The molecule has 5 saturated carbocycles. The van der Waals surface area contributed by atoms with Crippen LogP contribution in [0.1, 0.15) is 546 Å². The van der Waals surface area contributed by atoms with Gasteiger partial charge in [-0.2, -0.15) is 55.2 Å². The Bertz CT molecular complexity index is 3190. The van der Waals surface area contributed by atoms with Crippen LogP contribution in [0, 0.1) is 6.92 Å². The molecule has 1 N–H and O–H groups in total. The summed E-state index contributed by atoms with van der Waals surface area (Å²) in [4.78, 5) is 74.9. The summed E-state index contributed by atoms with van der Waals surface area (Å²) in [5.74, 6) is 3.94. The topological polar surface area (TPSA) is 165 Å². The summed E-state index contributed by atoms with van der Waals surface area (Å²) in [7, 11) is 0. The van der Waals surface area contributed by atoms with Gasteiger partial charge in [0.15, 0.2) is 0 Å². The summed E-state index contributed by atoms with van der Waals surface area (Å²) in [6.45, 7) is 70.1. The van der Waals surface area contributed by atoms with Gasteiger partial charge in [-0.15, -0.1) is 0 Å². The SMILES string of the molecule is CCCCCCCCCCCC.CCCCN(c1nc(C)nc(N(CCCC)C2CC(C)(C)N(OC3CCCCC3)C(C)(C)C2)n1)C1CC(C)(C)N(OC2CCCCC2)C(C)(C)C1.CCCCN(c1nc(Cl)nc(N(CCCC)C2CC(C)(C)N(OC3CCCCC3)C(C)(C)C2)n1)C1CC(C)(C)N(OC2CCCCC2)C(C)(C)C1.CCCCNC1CC(C)(C)N(OC2CCCCC2)C(C)(C)C1. The van der Waals surface area contributed by atoms with Crippen LogP contribution >= 0.6 is 11.6 Å². The fraction of sp³-hybridized carbons (Fsp3) is 0.947. The minimum absolute atomic E-state index is 0.100. The van der Waals surface area contributed by atoms with Crippen LogP contribution in [0.5, 0.6) is 0 Å². The summed E-state index contributed by atoms with van der Waals surface area (Å²) >= 11 is 6.90. The van der Waals surface area contributed by atoms with Crippen LogP contribution in [0.15, 0.2) is 0 Å². The first-order chi connectivity index (χ1) is 64.4. The number of hydrogen-bond acceptors (Lipinski definition) is 21. The van der Waals surface area contributed by atoms with Crippen molar-refractivity contribution in [1.29, 1.82) is 0 Å². The molecule has 22 heteroatoms. The molecule has 12 rings (SSSR count). The third-order valence-electron chi connectivity index (χ3n) is 32.4. The van der Waals surface area contributed by atoms with Gasteiger partial charge in [-0.1, -0.05) is 241 Å². The predicted octanol–water partition coefficient (Wildman–Crippen LogP) is 29.9. The normalized spacial score (nSPS) is 24.2. The van der Waals surface area contributed by atoms with E-state index in [0.717, 1.165) is 191 Å². The van der Waals surface area contributed by atoms with E-state index in [1.54, 1.807) is 0 Å². The van der Waals surface area contributed by atoms with Gasteiger partial charge in [-0.25, -0.2) is 0 Å². The van der Waals surface area contributed by atoms with Gasteiger partial charge >= 0.3 is 0 Å². The second-order valence-electron chi connectivity index (χ2n) is 50.8. The lowest BCUT2D eigenvalue weighted by atomic mass is 9.78. The molecule has 0 spiro atoms. The van der Waals surface area contributed by atoms with Crippen molar-refractivity contribution in [3.8, 4) is 0 Å². The molecule has 788 valence electrons. The monoisotopic (exact) mass is 1920 g/mol. The first-order valence-electron chi connectivity index (χ1n) is 57.7. The highest BCUT2D eigenvalue weighted by atomic mass is 35.5. The number of anilines is 4. The number of hydrogen-bond donors (Lipinski definition) is 1. The van der Waals surface area contributed by atoms with Crippen LogP contribution in [0.3, 0.4) is 0 Å². The quantitative estimate of drug-likeness (QED) is 0.0623. The van der Waals surface area contributed by atoms with Gasteiger partial charge in [0, 0.05) is 112 Å². The highest BCUT2D eigenvalue weighted by molar-refractivity contribution is 6.28. The van der Waals surface area contributed by atoms with E-state index in [4.69, 9.17) is 65.7 Å². The maximum absolute atomic E-state index is 6.90. The molecule has 0 amide bonds. The van der Waals surface area contributed by atoms with Crippen molar-refractivity contribution in [2.45, 2.75) is 663 Å². The van der Waals surface area contributed by atoms with E-state index in [1.165, 1.54) is 225 Å². The molecule has 0 atom stereocenters. The van der Waals surface area contributed by atoms with Crippen molar-refractivity contribution in [2.24, 2.45) is 0 Å². The number of hydroxylamine groups is 10. The Hall–Kier alpha value is -2.93. The van der Waals surface area contributed by atoms with Gasteiger partial charge in [0.2, 0.25) is 29.1 Å². The molecular weight excluding hydrogens is 1710 g/mol. The molecule has 7 heterocycles. The van der Waals surface area contributed by atoms with Gasteiger partial charge in [0.1, 0.15) is 5.82 Å². The van der Waals surface area contributed by atoms with Gasteiger partial charge in [0.05, 0.1) is 30.5 Å². The molecule has 5 saturated heterocycles. The molecule has 10 fully saturated rings. The lowest BCUT2D eigenvalue weighted by Gasteiger charge is -2.57. The third-order valence-corrected chi connectivity index (χ3v) is 32.6. The lowest BCUT2D eigenvalue weighted by Crippen LogP contribution is -2.65. The van der Waals surface area contributed by atoms with Gasteiger partial charge in [-0.05, 0) is 324 Å². The molecule has 0 radical (unpaired) electrons. The second kappa shape index (κ2) is 54.5. The summed E-state index contributed by atoms with van der Waals surface area (Å²) in [5.41, 5.74) is -0.842. The molecule has 0 aromatic carbocycles. The Morgan fingerprint density at radius 1 is 0.257 bits per heavy atom. The zero-order valence-corrected chi connectivity index (χ0v) is 94.6. The molecule has 21 nitrogen and oxygen atoms in total. The van der Waals surface area contributed by atoms with Crippen molar-refractivity contribution in [3.05, 3.63) is 11.1 Å². The number of rotatable bonds is 43. The Labute approximate surface area is 841 Å².